The zero-order valence-corrected chi connectivity index (χ0v) is 22.0. The summed E-state index contributed by atoms with van der Waals surface area (Å²) in [5.41, 5.74) is 7.29. The first-order valence-corrected chi connectivity index (χ1v) is 14.7. The fraction of sp³-hybridized carbons (Fsp3) is 0.480. The SMILES string of the molecule is CN1CCN(S(=O)(=O)c2ccc(C(CC3CCCC3)C(=O)Nc3nc4ccc(N)nc4s3)cc2)CC1. The lowest BCUT2D eigenvalue weighted by molar-refractivity contribution is -0.118. The van der Waals surface area contributed by atoms with Crippen molar-refractivity contribution < 1.29 is 13.2 Å². The van der Waals surface area contributed by atoms with E-state index in [-0.39, 0.29) is 10.8 Å². The maximum atomic E-state index is 13.5. The molecule has 1 aromatic carbocycles. The fourth-order valence-electron chi connectivity index (χ4n) is 5.10. The highest BCUT2D eigenvalue weighted by molar-refractivity contribution is 7.89. The average molecular weight is 529 g/mol. The van der Waals surface area contributed by atoms with E-state index in [1.807, 2.05) is 7.05 Å². The summed E-state index contributed by atoms with van der Waals surface area (Å²) in [5.74, 6) is 0.364. The first kappa shape index (κ1) is 25.1. The predicted molar refractivity (Wildman–Crippen MR) is 142 cm³/mol. The number of hydrogen-bond acceptors (Lipinski definition) is 8. The molecule has 11 heteroatoms. The summed E-state index contributed by atoms with van der Waals surface area (Å²) in [6.45, 7) is 2.40. The second kappa shape index (κ2) is 10.4. The number of likely N-dealkylation sites (N-methyl/N-ethyl adjacent to an activating group) is 1. The molecule has 9 nitrogen and oxygen atoms in total. The minimum Gasteiger partial charge on any atom is -0.384 e. The Labute approximate surface area is 215 Å². The quantitative estimate of drug-likeness (QED) is 0.481. The fourth-order valence-corrected chi connectivity index (χ4v) is 7.37. The minimum atomic E-state index is -3.56. The van der Waals surface area contributed by atoms with Crippen LogP contribution in [-0.2, 0) is 14.8 Å². The number of nitrogens with one attached hydrogen (secondary N) is 1. The topological polar surface area (TPSA) is 122 Å². The van der Waals surface area contributed by atoms with Gasteiger partial charge in [-0.05, 0) is 49.2 Å². The second-order valence-electron chi connectivity index (χ2n) is 9.78. The van der Waals surface area contributed by atoms with Crippen LogP contribution < -0.4 is 11.1 Å². The number of nitrogen functional groups attached to an aromatic ring is 1. The van der Waals surface area contributed by atoms with Crippen molar-refractivity contribution in [3.05, 3.63) is 42.0 Å². The molecular weight excluding hydrogens is 496 g/mol. The van der Waals surface area contributed by atoms with E-state index in [9.17, 15) is 13.2 Å². The van der Waals surface area contributed by atoms with Gasteiger partial charge in [0.1, 0.15) is 16.2 Å². The van der Waals surface area contributed by atoms with Crippen molar-refractivity contribution in [2.75, 3.05) is 44.3 Å². The number of hydrogen-bond donors (Lipinski definition) is 2. The lowest BCUT2D eigenvalue weighted by Gasteiger charge is -2.31. The number of aromatic nitrogens is 2. The molecule has 1 aliphatic heterocycles. The number of anilines is 2. The Kier molecular flexibility index (Phi) is 7.25. The van der Waals surface area contributed by atoms with Gasteiger partial charge < -0.3 is 16.0 Å². The Morgan fingerprint density at radius 2 is 1.78 bits per heavy atom. The molecule has 3 heterocycles. The average Bonchev–Trinajstić information content (AvgIpc) is 3.52. The van der Waals surface area contributed by atoms with E-state index in [4.69, 9.17) is 5.73 Å². The van der Waals surface area contributed by atoms with Crippen molar-refractivity contribution in [2.45, 2.75) is 42.9 Å². The maximum Gasteiger partial charge on any atom is 0.243 e. The molecule has 3 aromatic rings. The molecule has 1 saturated heterocycles. The third-order valence-electron chi connectivity index (χ3n) is 7.25. The maximum absolute atomic E-state index is 13.5. The van der Waals surface area contributed by atoms with Gasteiger partial charge in [0, 0.05) is 26.2 Å². The highest BCUT2D eigenvalue weighted by atomic mass is 32.2. The van der Waals surface area contributed by atoms with Crippen LogP contribution in [0, 0.1) is 5.92 Å². The second-order valence-corrected chi connectivity index (χ2v) is 12.7. The molecule has 0 radical (unpaired) electrons. The van der Waals surface area contributed by atoms with Crippen molar-refractivity contribution in [3.8, 4) is 0 Å². The molecule has 1 saturated carbocycles. The van der Waals surface area contributed by atoms with Gasteiger partial charge in [-0.1, -0.05) is 49.2 Å². The van der Waals surface area contributed by atoms with Crippen LogP contribution in [0.1, 0.15) is 43.6 Å². The van der Waals surface area contributed by atoms with Gasteiger partial charge in [-0.25, -0.2) is 18.4 Å². The van der Waals surface area contributed by atoms with Crippen LogP contribution in [0.4, 0.5) is 10.9 Å². The number of carbonyl (C=O) groups is 1. The van der Waals surface area contributed by atoms with Crippen LogP contribution in [0.25, 0.3) is 10.3 Å². The van der Waals surface area contributed by atoms with Crippen molar-refractivity contribution in [3.63, 3.8) is 0 Å². The van der Waals surface area contributed by atoms with E-state index in [2.05, 4.69) is 20.2 Å². The first-order chi connectivity index (χ1) is 17.3. The number of sulfonamides is 1. The molecule has 2 aliphatic rings. The number of carbonyl (C=O) groups excluding carboxylic acids is 1. The summed E-state index contributed by atoms with van der Waals surface area (Å²) in [7, 11) is -1.56. The summed E-state index contributed by atoms with van der Waals surface area (Å²) < 4.78 is 27.8. The summed E-state index contributed by atoms with van der Waals surface area (Å²) in [6.07, 6.45) is 5.33. The summed E-state index contributed by atoms with van der Waals surface area (Å²) in [4.78, 5) is 25.3. The van der Waals surface area contributed by atoms with Gasteiger partial charge in [-0.3, -0.25) is 4.79 Å². The lowest BCUT2D eigenvalue weighted by Crippen LogP contribution is -2.47. The summed E-state index contributed by atoms with van der Waals surface area (Å²) in [5, 5.41) is 3.47. The Hall–Kier alpha value is -2.60. The molecule has 3 N–H and O–H groups in total. The molecule has 1 aliphatic carbocycles. The van der Waals surface area contributed by atoms with Gasteiger partial charge in [0.05, 0.1) is 10.8 Å². The Balaban J connectivity index is 1.37. The van der Waals surface area contributed by atoms with Crippen LogP contribution in [0.2, 0.25) is 0 Å². The van der Waals surface area contributed by atoms with E-state index in [1.54, 1.807) is 40.7 Å². The molecule has 2 fully saturated rings. The zero-order valence-electron chi connectivity index (χ0n) is 20.4. The normalized spacial score (nSPS) is 19.0. The number of amides is 1. The third kappa shape index (κ3) is 5.39. The van der Waals surface area contributed by atoms with Gasteiger partial charge >= 0.3 is 0 Å². The van der Waals surface area contributed by atoms with E-state index < -0.39 is 15.9 Å². The molecule has 0 spiro atoms. The Bertz CT molecular complexity index is 1330. The predicted octanol–water partition coefficient (Wildman–Crippen LogP) is 3.51. The van der Waals surface area contributed by atoms with Crippen molar-refractivity contribution in [2.24, 2.45) is 5.92 Å². The van der Waals surface area contributed by atoms with E-state index in [1.165, 1.54) is 24.2 Å². The van der Waals surface area contributed by atoms with Crippen molar-refractivity contribution in [1.82, 2.24) is 19.2 Å². The van der Waals surface area contributed by atoms with Crippen LogP contribution in [0.3, 0.4) is 0 Å². The summed E-state index contributed by atoms with van der Waals surface area (Å²) in [6, 6.07) is 10.4. The van der Waals surface area contributed by atoms with Crippen LogP contribution in [0.15, 0.2) is 41.3 Å². The highest BCUT2D eigenvalue weighted by Gasteiger charge is 2.30. The van der Waals surface area contributed by atoms with Crippen LogP contribution >= 0.6 is 11.3 Å². The number of pyridine rings is 1. The third-order valence-corrected chi connectivity index (χ3v) is 10.0. The number of piperazine rings is 1. The zero-order chi connectivity index (χ0) is 25.3. The van der Waals surface area contributed by atoms with Crippen molar-refractivity contribution >= 4 is 48.6 Å². The number of fused-ring (bicyclic) bond motifs is 1. The minimum absolute atomic E-state index is 0.136. The van der Waals surface area contributed by atoms with Crippen LogP contribution in [0.5, 0.6) is 0 Å². The number of nitrogens with two attached hydrogens (primary N) is 1. The van der Waals surface area contributed by atoms with Gasteiger partial charge in [0.2, 0.25) is 15.9 Å². The molecule has 5 rings (SSSR count). The first-order valence-electron chi connectivity index (χ1n) is 12.4. The largest absolute Gasteiger partial charge is 0.384 e. The van der Waals surface area contributed by atoms with Crippen molar-refractivity contribution in [1.29, 1.82) is 0 Å². The summed E-state index contributed by atoms with van der Waals surface area (Å²) >= 11 is 1.29. The van der Waals surface area contributed by atoms with Gasteiger partial charge in [0.25, 0.3) is 0 Å². The molecule has 0 bridgehead atoms. The number of rotatable bonds is 7. The van der Waals surface area contributed by atoms with Crippen LogP contribution in [-0.4, -0.2) is 66.7 Å². The van der Waals surface area contributed by atoms with Gasteiger partial charge in [-0.2, -0.15) is 4.31 Å². The van der Waals surface area contributed by atoms with E-state index in [0.717, 1.165) is 37.9 Å². The monoisotopic (exact) mass is 528 g/mol. The van der Waals surface area contributed by atoms with E-state index in [0.29, 0.717) is 40.3 Å². The van der Waals surface area contributed by atoms with Gasteiger partial charge in [0.15, 0.2) is 5.13 Å². The van der Waals surface area contributed by atoms with E-state index >= 15 is 0 Å². The number of thiazole rings is 1. The van der Waals surface area contributed by atoms with Gasteiger partial charge in [-0.15, -0.1) is 0 Å². The molecule has 1 unspecified atom stereocenters. The number of benzene rings is 1. The molecular formula is C25H32N6O3S2. The Morgan fingerprint density at radius 3 is 2.47 bits per heavy atom. The Morgan fingerprint density at radius 1 is 1.08 bits per heavy atom. The lowest BCUT2D eigenvalue weighted by atomic mass is 9.87. The molecule has 36 heavy (non-hydrogen) atoms. The molecule has 2 aromatic heterocycles. The molecule has 192 valence electrons. The smallest absolute Gasteiger partial charge is 0.243 e. The molecule has 1 atom stereocenters. The number of nitrogens with zero attached hydrogens (tertiary/aromatic N) is 4. The highest BCUT2D eigenvalue weighted by Crippen LogP contribution is 2.36. The molecule has 1 amide bonds. The standard InChI is InChI=1S/C25H32N6O3S2/c1-30-12-14-31(15-13-30)36(33,34)19-8-6-18(7-9-19)20(16-17-4-2-3-5-17)23(32)29-25-27-21-10-11-22(26)28-24(21)35-25/h6-11,17,20H,2-5,12-16H2,1H3,(H2,26,28)(H,27,29,32).